The van der Waals surface area contributed by atoms with Crippen molar-refractivity contribution in [3.8, 4) is 11.4 Å². The van der Waals surface area contributed by atoms with Gasteiger partial charge in [-0.3, -0.25) is 9.69 Å². The molecule has 1 N–H and O–H groups in total. The van der Waals surface area contributed by atoms with Crippen LogP contribution in [0.1, 0.15) is 24.1 Å². The fraction of sp³-hybridized carbons (Fsp3) is 0.500. The van der Waals surface area contributed by atoms with E-state index in [1.165, 1.54) is 4.90 Å². The number of carbonyl (C=O) groups excluding carboxylic acids is 1. The number of carbonyl (C=O) groups is 1. The zero-order valence-corrected chi connectivity index (χ0v) is 16.7. The van der Waals surface area contributed by atoms with Crippen LogP contribution in [0.4, 0.5) is 8.78 Å². The molecule has 2 fully saturated rings. The van der Waals surface area contributed by atoms with Crippen molar-refractivity contribution in [2.45, 2.75) is 43.8 Å². The molecule has 4 heterocycles. The molecular formula is C22H25F2N5O. The monoisotopic (exact) mass is 413 g/mol. The maximum Gasteiger partial charge on any atom is 0.267 e. The molecule has 1 aromatic carbocycles. The van der Waals surface area contributed by atoms with Crippen LogP contribution in [-0.2, 0) is 17.8 Å². The second-order valence-electron chi connectivity index (χ2n) is 8.47. The van der Waals surface area contributed by atoms with Crippen LogP contribution in [0.2, 0.25) is 0 Å². The van der Waals surface area contributed by atoms with Gasteiger partial charge in [0.2, 0.25) is 5.91 Å². The van der Waals surface area contributed by atoms with E-state index in [2.05, 4.69) is 15.2 Å². The highest BCUT2D eigenvalue weighted by Gasteiger charge is 2.43. The Morgan fingerprint density at radius 3 is 2.80 bits per heavy atom. The van der Waals surface area contributed by atoms with Gasteiger partial charge in [0.25, 0.3) is 5.92 Å². The predicted octanol–water partition coefficient (Wildman–Crippen LogP) is 2.10. The number of likely N-dealkylation sites (tertiary alicyclic amines) is 1. The Labute approximate surface area is 174 Å². The van der Waals surface area contributed by atoms with Gasteiger partial charge in [0, 0.05) is 62.4 Å². The number of amides is 1. The van der Waals surface area contributed by atoms with Crippen molar-refractivity contribution in [3.05, 3.63) is 47.8 Å². The van der Waals surface area contributed by atoms with Gasteiger partial charge in [-0.05, 0) is 6.42 Å². The lowest BCUT2D eigenvalue weighted by atomic mass is 10.0. The maximum atomic E-state index is 13.5. The van der Waals surface area contributed by atoms with Gasteiger partial charge in [-0.1, -0.05) is 30.3 Å². The van der Waals surface area contributed by atoms with E-state index in [1.807, 2.05) is 36.5 Å². The summed E-state index contributed by atoms with van der Waals surface area (Å²) in [4.78, 5) is 25.6. The van der Waals surface area contributed by atoms with Gasteiger partial charge in [-0.25, -0.2) is 18.7 Å². The van der Waals surface area contributed by atoms with Crippen LogP contribution < -0.4 is 5.32 Å². The number of rotatable bonds is 3. The van der Waals surface area contributed by atoms with Crippen LogP contribution in [0.3, 0.4) is 0 Å². The molecule has 8 heteroatoms. The van der Waals surface area contributed by atoms with Crippen LogP contribution >= 0.6 is 0 Å². The molecule has 0 radical (unpaired) electrons. The third kappa shape index (κ3) is 3.81. The van der Waals surface area contributed by atoms with Crippen molar-refractivity contribution < 1.29 is 13.6 Å². The Morgan fingerprint density at radius 1 is 1.20 bits per heavy atom. The van der Waals surface area contributed by atoms with Crippen molar-refractivity contribution >= 4 is 5.91 Å². The Hall–Kier alpha value is -2.45. The molecule has 1 amide bonds. The Kier molecular flexibility index (Phi) is 4.99. The van der Waals surface area contributed by atoms with E-state index in [4.69, 9.17) is 4.98 Å². The van der Waals surface area contributed by atoms with Gasteiger partial charge in [-0.2, -0.15) is 0 Å². The van der Waals surface area contributed by atoms with Gasteiger partial charge in [0.05, 0.1) is 18.3 Å². The summed E-state index contributed by atoms with van der Waals surface area (Å²) in [6.45, 7) is 2.01. The predicted molar refractivity (Wildman–Crippen MR) is 108 cm³/mol. The zero-order valence-electron chi connectivity index (χ0n) is 16.7. The fourth-order valence-electron chi connectivity index (χ4n) is 4.70. The van der Waals surface area contributed by atoms with E-state index in [9.17, 15) is 13.6 Å². The van der Waals surface area contributed by atoms with Crippen molar-refractivity contribution in [1.82, 2.24) is 25.1 Å². The summed E-state index contributed by atoms with van der Waals surface area (Å²) in [5, 5.41) is 3.25. The molecule has 30 heavy (non-hydrogen) atoms. The molecule has 2 aromatic rings. The smallest absolute Gasteiger partial charge is 0.267 e. The molecular weight excluding hydrogens is 388 g/mol. The van der Waals surface area contributed by atoms with Crippen molar-refractivity contribution in [2.24, 2.45) is 0 Å². The lowest BCUT2D eigenvalue weighted by Crippen LogP contribution is -2.43. The zero-order chi connectivity index (χ0) is 20.7. The number of hydrogen-bond acceptors (Lipinski definition) is 5. The molecule has 1 aromatic heterocycles. The van der Waals surface area contributed by atoms with Crippen LogP contribution in [0.5, 0.6) is 0 Å². The van der Waals surface area contributed by atoms with E-state index in [0.29, 0.717) is 13.0 Å². The minimum atomic E-state index is -2.75. The number of halogens is 2. The number of alkyl halides is 2. The Bertz CT molecular complexity index is 938. The summed E-state index contributed by atoms with van der Waals surface area (Å²) in [6.07, 6.45) is 3.17. The minimum absolute atomic E-state index is 0.146. The van der Waals surface area contributed by atoms with Gasteiger partial charge >= 0.3 is 0 Å². The number of nitrogens with zero attached hydrogens (tertiary/aromatic N) is 4. The number of hydrogen-bond donors (Lipinski definition) is 1. The van der Waals surface area contributed by atoms with Crippen LogP contribution in [-0.4, -0.2) is 69.9 Å². The summed E-state index contributed by atoms with van der Waals surface area (Å²) >= 11 is 0. The second kappa shape index (κ2) is 7.67. The first-order valence-corrected chi connectivity index (χ1v) is 10.5. The van der Waals surface area contributed by atoms with Gasteiger partial charge in [-0.15, -0.1) is 0 Å². The standard InChI is InChI=1S/C22H25F2N5O/c23-22(24)7-9-29(14-22)21(30)19-10-17(12-25-19)28-8-6-18-16(13-28)11-26-20(27-18)15-4-2-1-3-5-15/h1-5,11,17,19,25H,6-10,12-14H2/t17-,19-/m0/s1. The molecule has 2 saturated heterocycles. The average Bonchev–Trinajstić information content (AvgIpc) is 3.40. The van der Waals surface area contributed by atoms with Crippen molar-refractivity contribution in [1.29, 1.82) is 0 Å². The second-order valence-corrected chi connectivity index (χ2v) is 8.47. The van der Waals surface area contributed by atoms with Gasteiger partial charge in [0.1, 0.15) is 0 Å². The Morgan fingerprint density at radius 2 is 2.03 bits per heavy atom. The third-order valence-corrected chi connectivity index (χ3v) is 6.40. The van der Waals surface area contributed by atoms with Crippen LogP contribution in [0, 0.1) is 0 Å². The highest BCUT2D eigenvalue weighted by molar-refractivity contribution is 5.82. The third-order valence-electron chi connectivity index (χ3n) is 6.40. The molecule has 3 aliphatic heterocycles. The normalized spacial score (nSPS) is 26.0. The number of benzene rings is 1. The summed E-state index contributed by atoms with van der Waals surface area (Å²) in [7, 11) is 0. The largest absolute Gasteiger partial charge is 0.335 e. The van der Waals surface area contributed by atoms with Gasteiger partial charge < -0.3 is 10.2 Å². The fourth-order valence-corrected chi connectivity index (χ4v) is 4.70. The lowest BCUT2D eigenvalue weighted by molar-refractivity contribution is -0.133. The molecule has 0 saturated carbocycles. The molecule has 6 nitrogen and oxygen atoms in total. The molecule has 0 bridgehead atoms. The molecule has 2 atom stereocenters. The summed E-state index contributed by atoms with van der Waals surface area (Å²) in [5.74, 6) is -2.19. The molecule has 3 aliphatic rings. The van der Waals surface area contributed by atoms with Gasteiger partial charge in [0.15, 0.2) is 5.82 Å². The first kappa shape index (κ1) is 19.5. The van der Waals surface area contributed by atoms with E-state index < -0.39 is 12.5 Å². The highest BCUT2D eigenvalue weighted by Crippen LogP contribution is 2.29. The molecule has 0 unspecified atom stereocenters. The van der Waals surface area contributed by atoms with E-state index in [0.717, 1.165) is 42.2 Å². The molecule has 0 spiro atoms. The highest BCUT2D eigenvalue weighted by atomic mass is 19.3. The molecule has 0 aliphatic carbocycles. The topological polar surface area (TPSA) is 61.4 Å². The molecule has 5 rings (SSSR count). The first-order chi connectivity index (χ1) is 14.5. The number of nitrogens with one attached hydrogen (secondary N) is 1. The summed E-state index contributed by atoms with van der Waals surface area (Å²) in [6, 6.07) is 9.79. The number of fused-ring (bicyclic) bond motifs is 1. The SMILES string of the molecule is O=C([C@@H]1C[C@H](N2CCc3nc(-c4ccccc4)ncc3C2)CN1)N1CCC(F)(F)C1. The van der Waals surface area contributed by atoms with E-state index in [-0.39, 0.29) is 31.0 Å². The van der Waals surface area contributed by atoms with Crippen molar-refractivity contribution in [2.75, 3.05) is 26.2 Å². The quantitative estimate of drug-likeness (QED) is 0.835. The molecule has 158 valence electrons. The average molecular weight is 413 g/mol. The van der Waals surface area contributed by atoms with E-state index in [1.54, 1.807) is 0 Å². The van der Waals surface area contributed by atoms with Crippen molar-refractivity contribution in [3.63, 3.8) is 0 Å². The minimum Gasteiger partial charge on any atom is -0.335 e. The van der Waals surface area contributed by atoms with Crippen LogP contribution in [0.25, 0.3) is 11.4 Å². The number of aromatic nitrogens is 2. The lowest BCUT2D eigenvalue weighted by Gasteiger charge is -2.32. The summed E-state index contributed by atoms with van der Waals surface area (Å²) in [5.41, 5.74) is 3.21. The first-order valence-electron chi connectivity index (χ1n) is 10.5. The van der Waals surface area contributed by atoms with E-state index >= 15 is 0 Å². The maximum absolute atomic E-state index is 13.5. The van der Waals surface area contributed by atoms with Crippen LogP contribution in [0.15, 0.2) is 36.5 Å². The summed E-state index contributed by atoms with van der Waals surface area (Å²) < 4.78 is 26.9. The Balaban J connectivity index is 1.22.